The molecule has 1 heterocycles. The van der Waals surface area contributed by atoms with Crippen LogP contribution in [0.25, 0.3) is 11.5 Å². The molecular weight excluding hydrogens is 340 g/mol. The molecule has 1 aromatic heterocycles. The molecule has 0 radical (unpaired) electrons. The Morgan fingerprint density at radius 2 is 2.24 bits per heavy atom. The van der Waals surface area contributed by atoms with Crippen LogP contribution in [0.4, 0.5) is 0 Å². The molecule has 0 amide bonds. The number of carboxylic acids is 1. The molecule has 21 heavy (non-hydrogen) atoms. The lowest BCUT2D eigenvalue weighted by Crippen LogP contribution is -2.07. The average Bonchev–Trinajstić information content (AvgIpc) is 2.86. The van der Waals surface area contributed by atoms with E-state index in [-0.39, 0.29) is 12.3 Å². The molecule has 1 aromatic carbocycles. The van der Waals surface area contributed by atoms with Crippen LogP contribution in [0.5, 0.6) is 5.75 Å². The van der Waals surface area contributed by atoms with Crippen LogP contribution in [0.15, 0.2) is 27.1 Å². The molecule has 112 valence electrons. The van der Waals surface area contributed by atoms with E-state index in [2.05, 4.69) is 26.1 Å². The third-order valence-corrected chi connectivity index (χ3v) is 3.61. The van der Waals surface area contributed by atoms with Gasteiger partial charge in [0, 0.05) is 17.3 Å². The molecule has 0 aliphatic rings. The van der Waals surface area contributed by atoms with E-state index in [1.807, 2.05) is 19.1 Å². The van der Waals surface area contributed by atoms with E-state index in [1.54, 1.807) is 13.2 Å². The number of benzene rings is 1. The van der Waals surface area contributed by atoms with Crippen molar-refractivity contribution in [3.8, 4) is 17.2 Å². The Balaban J connectivity index is 2.18. The number of aliphatic carboxylic acids is 1. The highest BCUT2D eigenvalue weighted by molar-refractivity contribution is 9.10. The summed E-state index contributed by atoms with van der Waals surface area (Å²) >= 11 is 3.43. The van der Waals surface area contributed by atoms with Crippen molar-refractivity contribution in [3.63, 3.8) is 0 Å². The van der Waals surface area contributed by atoms with Gasteiger partial charge in [0.25, 0.3) is 0 Å². The average molecular weight is 355 g/mol. The fraction of sp³-hybridized carbons (Fsp3) is 0.357. The molecule has 1 N–H and O–H groups in total. The van der Waals surface area contributed by atoms with Gasteiger partial charge in [0.05, 0.1) is 12.7 Å². The molecular formula is C14H15BrN2O4. The Morgan fingerprint density at radius 3 is 2.90 bits per heavy atom. The Hall–Kier alpha value is -1.89. The highest BCUT2D eigenvalue weighted by atomic mass is 79.9. The Labute approximate surface area is 130 Å². The third-order valence-electron chi connectivity index (χ3n) is 2.92. The molecule has 1 atom stereocenters. The first kappa shape index (κ1) is 15.5. The van der Waals surface area contributed by atoms with E-state index in [0.717, 1.165) is 10.0 Å². The lowest BCUT2D eigenvalue weighted by Gasteiger charge is -2.04. The van der Waals surface area contributed by atoms with E-state index in [1.165, 1.54) is 0 Å². The summed E-state index contributed by atoms with van der Waals surface area (Å²) in [6, 6.07) is 5.45. The minimum Gasteiger partial charge on any atom is -0.497 e. The van der Waals surface area contributed by atoms with Gasteiger partial charge in [-0.05, 0) is 40.0 Å². The molecule has 0 aliphatic carbocycles. The summed E-state index contributed by atoms with van der Waals surface area (Å²) in [7, 11) is 1.58. The van der Waals surface area contributed by atoms with E-state index >= 15 is 0 Å². The number of carboxylic acid groups (broad SMARTS) is 1. The van der Waals surface area contributed by atoms with Crippen molar-refractivity contribution in [2.24, 2.45) is 5.92 Å². The molecule has 0 saturated carbocycles. The number of rotatable bonds is 6. The highest BCUT2D eigenvalue weighted by Crippen LogP contribution is 2.31. The molecule has 0 fully saturated rings. The first-order chi connectivity index (χ1) is 9.99. The van der Waals surface area contributed by atoms with Gasteiger partial charge in [0.15, 0.2) is 0 Å². The lowest BCUT2D eigenvalue weighted by molar-refractivity contribution is -0.137. The Kier molecular flexibility index (Phi) is 4.95. The lowest BCUT2D eigenvalue weighted by atomic mass is 10.0. The van der Waals surface area contributed by atoms with E-state index in [9.17, 15) is 4.79 Å². The maximum atomic E-state index is 10.7. The fourth-order valence-electron chi connectivity index (χ4n) is 1.91. The van der Waals surface area contributed by atoms with Crippen molar-refractivity contribution in [2.75, 3.05) is 7.11 Å². The number of ether oxygens (including phenoxy) is 1. The summed E-state index contributed by atoms with van der Waals surface area (Å²) in [5.74, 6) is 0.585. The summed E-state index contributed by atoms with van der Waals surface area (Å²) in [6.07, 6.45) is 0.501. The second-order valence-corrected chi connectivity index (χ2v) is 5.61. The van der Waals surface area contributed by atoms with Crippen LogP contribution < -0.4 is 4.74 Å². The number of hydrogen-bond donors (Lipinski definition) is 1. The van der Waals surface area contributed by atoms with Crippen LogP contribution in [0.3, 0.4) is 0 Å². The number of nitrogens with zero attached hydrogens (tertiary/aromatic N) is 2. The quantitative estimate of drug-likeness (QED) is 0.857. The zero-order valence-corrected chi connectivity index (χ0v) is 13.3. The monoisotopic (exact) mass is 354 g/mol. The SMILES string of the molecule is COc1ccc(Br)c(-c2nnc(CC(C)CC(=O)O)o2)c1. The summed E-state index contributed by atoms with van der Waals surface area (Å²) in [5, 5.41) is 16.7. The van der Waals surface area contributed by atoms with Crippen LogP contribution in [0.1, 0.15) is 19.2 Å². The fourth-order valence-corrected chi connectivity index (χ4v) is 2.32. The first-order valence-corrected chi connectivity index (χ1v) is 7.17. The molecule has 2 aromatic rings. The summed E-state index contributed by atoms with van der Waals surface area (Å²) in [6.45, 7) is 1.83. The minimum absolute atomic E-state index is 0.0652. The normalized spacial score (nSPS) is 12.1. The molecule has 7 heteroatoms. The van der Waals surface area contributed by atoms with Crippen LogP contribution >= 0.6 is 15.9 Å². The van der Waals surface area contributed by atoms with E-state index < -0.39 is 5.97 Å². The number of hydrogen-bond acceptors (Lipinski definition) is 5. The zero-order valence-electron chi connectivity index (χ0n) is 11.7. The van der Waals surface area contributed by atoms with Gasteiger partial charge >= 0.3 is 5.97 Å². The minimum atomic E-state index is -0.835. The zero-order chi connectivity index (χ0) is 15.4. The van der Waals surface area contributed by atoms with E-state index in [0.29, 0.717) is 24.0 Å². The van der Waals surface area contributed by atoms with Gasteiger partial charge < -0.3 is 14.3 Å². The van der Waals surface area contributed by atoms with Crippen molar-refractivity contribution >= 4 is 21.9 Å². The second kappa shape index (κ2) is 6.71. The van der Waals surface area contributed by atoms with Crippen molar-refractivity contribution < 1.29 is 19.1 Å². The molecule has 0 spiro atoms. The summed E-state index contributed by atoms with van der Waals surface area (Å²) in [5.41, 5.74) is 0.735. The van der Waals surface area contributed by atoms with E-state index in [4.69, 9.17) is 14.3 Å². The summed E-state index contributed by atoms with van der Waals surface area (Å²) < 4.78 is 11.6. The predicted octanol–water partition coefficient (Wildman–Crippen LogP) is 3.16. The molecule has 2 rings (SSSR count). The topological polar surface area (TPSA) is 85.5 Å². The maximum absolute atomic E-state index is 10.7. The third kappa shape index (κ3) is 4.04. The number of aromatic nitrogens is 2. The predicted molar refractivity (Wildman–Crippen MR) is 79.1 cm³/mol. The van der Waals surface area contributed by atoms with Crippen LogP contribution in [-0.4, -0.2) is 28.4 Å². The van der Waals surface area contributed by atoms with Gasteiger partial charge in [0.2, 0.25) is 11.8 Å². The Bertz CT molecular complexity index is 642. The van der Waals surface area contributed by atoms with Crippen LogP contribution in [-0.2, 0) is 11.2 Å². The van der Waals surface area contributed by atoms with Crippen molar-refractivity contribution in [1.82, 2.24) is 10.2 Å². The van der Waals surface area contributed by atoms with Crippen molar-refractivity contribution in [2.45, 2.75) is 19.8 Å². The second-order valence-electron chi connectivity index (χ2n) is 4.75. The molecule has 6 nitrogen and oxygen atoms in total. The van der Waals surface area contributed by atoms with Gasteiger partial charge in [-0.2, -0.15) is 0 Å². The largest absolute Gasteiger partial charge is 0.497 e. The maximum Gasteiger partial charge on any atom is 0.303 e. The molecule has 0 saturated heterocycles. The van der Waals surface area contributed by atoms with Crippen molar-refractivity contribution in [3.05, 3.63) is 28.6 Å². The van der Waals surface area contributed by atoms with Crippen LogP contribution in [0, 0.1) is 5.92 Å². The highest BCUT2D eigenvalue weighted by Gasteiger charge is 2.16. The molecule has 0 bridgehead atoms. The standard InChI is InChI=1S/C14H15BrN2O4/c1-8(6-13(18)19)5-12-16-17-14(21-12)10-7-9(20-2)3-4-11(10)15/h3-4,7-8H,5-6H2,1-2H3,(H,18,19). The molecule has 0 aliphatic heterocycles. The van der Waals surface area contributed by atoms with Gasteiger partial charge in [-0.3, -0.25) is 4.79 Å². The van der Waals surface area contributed by atoms with Gasteiger partial charge in [-0.15, -0.1) is 10.2 Å². The van der Waals surface area contributed by atoms with Gasteiger partial charge in [0.1, 0.15) is 5.75 Å². The first-order valence-electron chi connectivity index (χ1n) is 6.37. The van der Waals surface area contributed by atoms with Gasteiger partial charge in [-0.1, -0.05) is 6.92 Å². The number of methoxy groups -OCH3 is 1. The number of carbonyl (C=O) groups is 1. The smallest absolute Gasteiger partial charge is 0.303 e. The van der Waals surface area contributed by atoms with Crippen molar-refractivity contribution in [1.29, 1.82) is 0 Å². The van der Waals surface area contributed by atoms with Crippen LogP contribution in [0.2, 0.25) is 0 Å². The Morgan fingerprint density at radius 1 is 1.48 bits per heavy atom. The van der Waals surface area contributed by atoms with Gasteiger partial charge in [-0.25, -0.2) is 0 Å². The number of halogens is 1. The molecule has 1 unspecified atom stereocenters. The summed E-state index contributed by atoms with van der Waals surface area (Å²) in [4.78, 5) is 10.7.